The van der Waals surface area contributed by atoms with Crippen LogP contribution in [0.25, 0.3) is 17.0 Å². The van der Waals surface area contributed by atoms with Crippen LogP contribution in [0.1, 0.15) is 16.8 Å². The van der Waals surface area contributed by atoms with Crippen molar-refractivity contribution in [3.8, 4) is 0 Å². The molecular weight excluding hydrogens is 366 g/mol. The lowest BCUT2D eigenvalue weighted by Gasteiger charge is -2.20. The number of likely N-dealkylation sites (N-methyl/N-ethyl adjacent to an activating group) is 1. The maximum atomic E-state index is 12.6. The van der Waals surface area contributed by atoms with Gasteiger partial charge < -0.3 is 20.5 Å². The molecule has 1 aliphatic heterocycles. The van der Waals surface area contributed by atoms with Crippen LogP contribution < -0.4 is 11.1 Å². The third-order valence-electron chi connectivity index (χ3n) is 5.25. The van der Waals surface area contributed by atoms with Gasteiger partial charge in [0.05, 0.1) is 12.6 Å². The zero-order valence-corrected chi connectivity index (χ0v) is 16.4. The molecule has 148 valence electrons. The Kier molecular flexibility index (Phi) is 4.90. The lowest BCUT2D eigenvalue weighted by Crippen LogP contribution is -2.41. The van der Waals surface area contributed by atoms with Crippen molar-refractivity contribution >= 4 is 34.6 Å². The van der Waals surface area contributed by atoms with E-state index in [1.54, 1.807) is 24.2 Å². The van der Waals surface area contributed by atoms with Crippen molar-refractivity contribution in [2.75, 3.05) is 12.4 Å². The molecule has 2 aromatic heterocycles. The van der Waals surface area contributed by atoms with Crippen molar-refractivity contribution in [3.05, 3.63) is 65.5 Å². The van der Waals surface area contributed by atoms with Crippen molar-refractivity contribution in [2.24, 2.45) is 12.8 Å². The van der Waals surface area contributed by atoms with E-state index in [0.717, 1.165) is 27.7 Å². The van der Waals surface area contributed by atoms with Crippen LogP contribution in [-0.4, -0.2) is 39.4 Å². The second-order valence-electron chi connectivity index (χ2n) is 7.36. The lowest BCUT2D eigenvalue weighted by atomic mass is 10.0. The van der Waals surface area contributed by atoms with Crippen LogP contribution in [0.4, 0.5) is 5.82 Å². The van der Waals surface area contributed by atoms with Crippen LogP contribution >= 0.6 is 0 Å². The number of nitrogens with zero attached hydrogens (tertiary/aromatic N) is 3. The highest BCUT2D eigenvalue weighted by Gasteiger charge is 2.23. The van der Waals surface area contributed by atoms with Gasteiger partial charge >= 0.3 is 0 Å². The van der Waals surface area contributed by atoms with Gasteiger partial charge in [-0.2, -0.15) is 0 Å². The highest BCUT2D eigenvalue weighted by molar-refractivity contribution is 5.97. The number of amides is 2. The predicted molar refractivity (Wildman–Crippen MR) is 113 cm³/mol. The SMILES string of the molecule is CN(Cc1cc2ccccc2n1C)C(=O)/C=C/c1cnc2c(c1)CC(N)C(=O)N2. The van der Waals surface area contributed by atoms with Crippen molar-refractivity contribution in [1.29, 1.82) is 0 Å². The summed E-state index contributed by atoms with van der Waals surface area (Å²) >= 11 is 0. The second kappa shape index (κ2) is 7.52. The summed E-state index contributed by atoms with van der Waals surface area (Å²) in [5.74, 6) is 0.212. The first-order valence-electron chi connectivity index (χ1n) is 9.44. The average Bonchev–Trinajstić information content (AvgIpc) is 3.02. The summed E-state index contributed by atoms with van der Waals surface area (Å²) in [6.45, 7) is 0.512. The van der Waals surface area contributed by atoms with E-state index in [0.29, 0.717) is 18.8 Å². The number of carbonyl (C=O) groups excluding carboxylic acids is 2. The fourth-order valence-electron chi connectivity index (χ4n) is 3.54. The van der Waals surface area contributed by atoms with Gasteiger partial charge in [0.15, 0.2) is 0 Å². The molecule has 0 radical (unpaired) electrons. The van der Waals surface area contributed by atoms with Gasteiger partial charge in [0, 0.05) is 44.0 Å². The van der Waals surface area contributed by atoms with Crippen LogP contribution in [0.2, 0.25) is 0 Å². The molecular formula is C22H23N5O2. The van der Waals surface area contributed by atoms with Gasteiger partial charge in [-0.15, -0.1) is 0 Å². The monoisotopic (exact) mass is 389 g/mol. The first kappa shape index (κ1) is 18.9. The maximum Gasteiger partial charge on any atom is 0.246 e. The zero-order chi connectivity index (χ0) is 20.5. The highest BCUT2D eigenvalue weighted by Crippen LogP contribution is 2.22. The summed E-state index contributed by atoms with van der Waals surface area (Å²) in [6, 6.07) is 11.6. The Morgan fingerprint density at radius 2 is 2.17 bits per heavy atom. The molecule has 1 aromatic carbocycles. The van der Waals surface area contributed by atoms with Crippen LogP contribution in [0.5, 0.6) is 0 Å². The number of anilines is 1. The molecule has 4 rings (SSSR count). The molecule has 1 unspecified atom stereocenters. The first-order chi connectivity index (χ1) is 13.9. The molecule has 1 atom stereocenters. The highest BCUT2D eigenvalue weighted by atomic mass is 16.2. The Labute approximate surface area is 168 Å². The van der Waals surface area contributed by atoms with E-state index >= 15 is 0 Å². The zero-order valence-electron chi connectivity index (χ0n) is 16.4. The average molecular weight is 389 g/mol. The summed E-state index contributed by atoms with van der Waals surface area (Å²) in [7, 11) is 3.79. The molecule has 7 heteroatoms. The maximum absolute atomic E-state index is 12.6. The number of para-hydroxylation sites is 1. The minimum absolute atomic E-state index is 0.0991. The third-order valence-corrected chi connectivity index (χ3v) is 5.25. The van der Waals surface area contributed by atoms with Crippen molar-refractivity contribution < 1.29 is 9.59 Å². The number of aromatic nitrogens is 2. The van der Waals surface area contributed by atoms with Gasteiger partial charge in [-0.05, 0) is 40.8 Å². The number of nitrogens with one attached hydrogen (secondary N) is 1. The quantitative estimate of drug-likeness (QED) is 0.668. The molecule has 0 fully saturated rings. The van der Waals surface area contributed by atoms with Gasteiger partial charge in [-0.1, -0.05) is 18.2 Å². The van der Waals surface area contributed by atoms with Crippen LogP contribution in [0.3, 0.4) is 0 Å². The van der Waals surface area contributed by atoms with E-state index in [1.165, 1.54) is 6.08 Å². The fraction of sp³-hybridized carbons (Fsp3) is 0.227. The second-order valence-corrected chi connectivity index (χ2v) is 7.36. The number of hydrogen-bond donors (Lipinski definition) is 2. The number of pyridine rings is 1. The molecule has 0 saturated heterocycles. The van der Waals surface area contributed by atoms with Gasteiger partial charge in [-0.3, -0.25) is 9.59 Å². The standard InChI is InChI=1S/C22H23N5O2/c1-26(13-17-10-15-5-3-4-6-19(15)27(17)2)20(28)8-7-14-9-16-11-18(23)22(29)25-21(16)24-12-14/h3-10,12,18H,11,13,23H2,1-2H3,(H,24,25,29)/b8-7+. The lowest BCUT2D eigenvalue weighted by molar-refractivity contribution is -0.125. The number of carbonyl (C=O) groups is 2. The van der Waals surface area contributed by atoms with Gasteiger partial charge in [0.25, 0.3) is 0 Å². The number of nitrogens with two attached hydrogens (primary N) is 1. The number of aryl methyl sites for hydroxylation is 1. The normalized spacial score (nSPS) is 16.1. The summed E-state index contributed by atoms with van der Waals surface area (Å²) in [5, 5.41) is 3.85. The number of benzene rings is 1. The fourth-order valence-corrected chi connectivity index (χ4v) is 3.54. The first-order valence-corrected chi connectivity index (χ1v) is 9.44. The molecule has 7 nitrogen and oxygen atoms in total. The Balaban J connectivity index is 1.46. The van der Waals surface area contributed by atoms with Crippen molar-refractivity contribution in [2.45, 2.75) is 19.0 Å². The Bertz CT molecular complexity index is 1130. The summed E-state index contributed by atoms with van der Waals surface area (Å²) in [5.41, 5.74) is 9.67. The third kappa shape index (κ3) is 3.77. The number of hydrogen-bond acceptors (Lipinski definition) is 4. The molecule has 0 spiro atoms. The van der Waals surface area contributed by atoms with Gasteiger partial charge in [-0.25, -0.2) is 4.98 Å². The summed E-state index contributed by atoms with van der Waals surface area (Å²) in [6.07, 6.45) is 5.33. The van der Waals surface area contributed by atoms with E-state index in [-0.39, 0.29) is 11.8 Å². The van der Waals surface area contributed by atoms with Crippen molar-refractivity contribution in [1.82, 2.24) is 14.5 Å². The molecule has 0 bridgehead atoms. The number of rotatable bonds is 4. The smallest absolute Gasteiger partial charge is 0.246 e. The van der Waals surface area contributed by atoms with E-state index < -0.39 is 6.04 Å². The van der Waals surface area contributed by atoms with Gasteiger partial charge in [0.1, 0.15) is 5.82 Å². The summed E-state index contributed by atoms with van der Waals surface area (Å²) < 4.78 is 2.10. The molecule has 29 heavy (non-hydrogen) atoms. The number of fused-ring (bicyclic) bond motifs is 2. The molecule has 0 saturated carbocycles. The molecule has 3 heterocycles. The van der Waals surface area contributed by atoms with Crippen molar-refractivity contribution in [3.63, 3.8) is 0 Å². The topological polar surface area (TPSA) is 93.2 Å². The van der Waals surface area contributed by atoms with E-state index in [9.17, 15) is 9.59 Å². The van der Waals surface area contributed by atoms with E-state index in [1.807, 2.05) is 25.2 Å². The van der Waals surface area contributed by atoms with Crippen LogP contribution in [0.15, 0.2) is 48.7 Å². The Morgan fingerprint density at radius 1 is 1.38 bits per heavy atom. The molecule has 2 amide bonds. The predicted octanol–water partition coefficient (Wildman–Crippen LogP) is 2.07. The van der Waals surface area contributed by atoms with Gasteiger partial charge in [0.2, 0.25) is 11.8 Å². The summed E-state index contributed by atoms with van der Waals surface area (Å²) in [4.78, 5) is 30.1. The minimum Gasteiger partial charge on any atom is -0.346 e. The van der Waals surface area contributed by atoms with E-state index in [2.05, 4.69) is 33.1 Å². The largest absolute Gasteiger partial charge is 0.346 e. The molecule has 3 aromatic rings. The van der Waals surface area contributed by atoms with E-state index in [4.69, 9.17) is 5.73 Å². The Hall–Kier alpha value is -3.45. The van der Waals surface area contributed by atoms with Crippen LogP contribution in [0, 0.1) is 0 Å². The molecule has 0 aliphatic carbocycles. The Morgan fingerprint density at radius 3 is 2.97 bits per heavy atom. The minimum atomic E-state index is -0.572. The molecule has 1 aliphatic rings. The van der Waals surface area contributed by atoms with Crippen LogP contribution in [-0.2, 0) is 29.6 Å². The molecule has 3 N–H and O–H groups in total.